The zero-order valence-corrected chi connectivity index (χ0v) is 14.7. The van der Waals surface area contributed by atoms with Crippen LogP contribution in [0.25, 0.3) is 0 Å². The van der Waals surface area contributed by atoms with Gasteiger partial charge >= 0.3 is 0 Å². The number of hydrogen-bond acceptors (Lipinski definition) is 2. The molecule has 1 saturated heterocycles. The Balaban J connectivity index is 1.51. The average Bonchev–Trinajstić information content (AvgIpc) is 3.45. The van der Waals surface area contributed by atoms with Crippen molar-refractivity contribution in [2.45, 2.75) is 51.9 Å². The maximum Gasteiger partial charge on any atom is 0.220 e. The van der Waals surface area contributed by atoms with Gasteiger partial charge in [0.25, 0.3) is 0 Å². The SMILES string of the molecule is CCNC(=NCC1(C2CC2)CC1)N1CCC(CC(=O)NC)CC1. The minimum absolute atomic E-state index is 0.170. The molecular formula is C18H32N4O. The van der Waals surface area contributed by atoms with Crippen molar-refractivity contribution in [3.63, 3.8) is 0 Å². The monoisotopic (exact) mass is 320 g/mol. The fraction of sp³-hybridized carbons (Fsp3) is 0.889. The fourth-order valence-corrected chi connectivity index (χ4v) is 3.92. The first-order valence-corrected chi connectivity index (χ1v) is 9.40. The molecule has 2 aliphatic carbocycles. The Kier molecular flexibility index (Phi) is 5.12. The topological polar surface area (TPSA) is 56.7 Å². The molecule has 3 fully saturated rings. The number of aliphatic imine (C=N–C) groups is 1. The Bertz CT molecular complexity index is 446. The largest absolute Gasteiger partial charge is 0.359 e. The number of likely N-dealkylation sites (tertiary alicyclic amines) is 1. The van der Waals surface area contributed by atoms with Crippen LogP contribution in [-0.4, -0.2) is 50.0 Å². The second-order valence-corrected chi connectivity index (χ2v) is 7.61. The van der Waals surface area contributed by atoms with Crippen LogP contribution in [0.1, 0.15) is 51.9 Å². The van der Waals surface area contributed by atoms with Gasteiger partial charge < -0.3 is 15.5 Å². The van der Waals surface area contributed by atoms with Crippen molar-refractivity contribution >= 4 is 11.9 Å². The molecule has 5 nitrogen and oxygen atoms in total. The summed E-state index contributed by atoms with van der Waals surface area (Å²) in [6, 6.07) is 0. The normalized spacial score (nSPS) is 24.4. The van der Waals surface area contributed by atoms with E-state index in [2.05, 4.69) is 22.5 Å². The lowest BCUT2D eigenvalue weighted by Gasteiger charge is -2.34. The fourth-order valence-electron chi connectivity index (χ4n) is 3.92. The van der Waals surface area contributed by atoms with E-state index in [4.69, 9.17) is 4.99 Å². The Morgan fingerprint density at radius 1 is 1.22 bits per heavy atom. The summed E-state index contributed by atoms with van der Waals surface area (Å²) >= 11 is 0. The van der Waals surface area contributed by atoms with Crippen LogP contribution >= 0.6 is 0 Å². The molecule has 0 aromatic rings. The van der Waals surface area contributed by atoms with Gasteiger partial charge in [-0.3, -0.25) is 9.79 Å². The molecule has 5 heteroatoms. The van der Waals surface area contributed by atoms with E-state index in [0.29, 0.717) is 17.8 Å². The molecule has 1 heterocycles. The van der Waals surface area contributed by atoms with Gasteiger partial charge in [0.05, 0.1) is 0 Å². The van der Waals surface area contributed by atoms with Crippen molar-refractivity contribution in [2.24, 2.45) is 22.2 Å². The minimum atomic E-state index is 0.170. The predicted octanol–water partition coefficient (Wildman–Crippen LogP) is 1.99. The number of carbonyl (C=O) groups is 1. The first-order chi connectivity index (χ1) is 11.2. The Morgan fingerprint density at radius 3 is 2.43 bits per heavy atom. The van der Waals surface area contributed by atoms with Gasteiger partial charge in [0.1, 0.15) is 0 Å². The maximum atomic E-state index is 11.5. The summed E-state index contributed by atoms with van der Waals surface area (Å²) in [5.41, 5.74) is 0.568. The molecule has 0 radical (unpaired) electrons. The highest BCUT2D eigenvalue weighted by Gasteiger charge is 2.53. The quantitative estimate of drug-likeness (QED) is 0.581. The van der Waals surface area contributed by atoms with Crippen LogP contribution in [0.15, 0.2) is 4.99 Å². The first kappa shape index (κ1) is 16.6. The molecule has 0 bridgehead atoms. The number of nitrogens with zero attached hydrogens (tertiary/aromatic N) is 2. The van der Waals surface area contributed by atoms with E-state index in [9.17, 15) is 4.79 Å². The molecule has 23 heavy (non-hydrogen) atoms. The third-order valence-electron chi connectivity index (χ3n) is 5.88. The summed E-state index contributed by atoms with van der Waals surface area (Å²) in [5, 5.41) is 6.21. The average molecular weight is 320 g/mol. The van der Waals surface area contributed by atoms with Crippen molar-refractivity contribution in [1.82, 2.24) is 15.5 Å². The molecule has 0 aromatic heterocycles. The Morgan fingerprint density at radius 2 is 1.91 bits per heavy atom. The number of piperidine rings is 1. The van der Waals surface area contributed by atoms with E-state index in [0.717, 1.165) is 50.9 Å². The second kappa shape index (κ2) is 7.10. The van der Waals surface area contributed by atoms with Crippen molar-refractivity contribution in [1.29, 1.82) is 0 Å². The molecule has 0 aromatic carbocycles. The molecular weight excluding hydrogens is 288 g/mol. The van der Waals surface area contributed by atoms with Crippen molar-refractivity contribution < 1.29 is 4.79 Å². The van der Waals surface area contributed by atoms with Crippen LogP contribution in [0.4, 0.5) is 0 Å². The summed E-state index contributed by atoms with van der Waals surface area (Å²) in [6.07, 6.45) is 8.47. The van der Waals surface area contributed by atoms with Crippen molar-refractivity contribution in [3.05, 3.63) is 0 Å². The summed E-state index contributed by atoms with van der Waals surface area (Å²) < 4.78 is 0. The number of nitrogens with one attached hydrogen (secondary N) is 2. The van der Waals surface area contributed by atoms with Crippen LogP contribution in [0, 0.1) is 17.3 Å². The number of hydrogen-bond donors (Lipinski definition) is 2. The highest BCUT2D eigenvalue weighted by Crippen LogP contribution is 2.61. The highest BCUT2D eigenvalue weighted by atomic mass is 16.1. The smallest absolute Gasteiger partial charge is 0.220 e. The molecule has 2 N–H and O–H groups in total. The van der Waals surface area contributed by atoms with E-state index < -0.39 is 0 Å². The van der Waals surface area contributed by atoms with Gasteiger partial charge in [-0.15, -0.1) is 0 Å². The van der Waals surface area contributed by atoms with Gasteiger partial charge in [0.15, 0.2) is 5.96 Å². The lowest BCUT2D eigenvalue weighted by molar-refractivity contribution is -0.121. The molecule has 1 amide bonds. The van der Waals surface area contributed by atoms with Crippen LogP contribution in [0.5, 0.6) is 0 Å². The van der Waals surface area contributed by atoms with Gasteiger partial charge in [0, 0.05) is 39.6 Å². The van der Waals surface area contributed by atoms with E-state index in [1.807, 2.05) is 0 Å². The van der Waals surface area contributed by atoms with Gasteiger partial charge in [-0.1, -0.05) is 0 Å². The lowest BCUT2D eigenvalue weighted by atomic mass is 9.93. The molecule has 0 atom stereocenters. The number of rotatable bonds is 6. The summed E-state index contributed by atoms with van der Waals surface area (Å²) in [5.74, 6) is 2.75. The van der Waals surface area contributed by atoms with Crippen molar-refractivity contribution in [2.75, 3.05) is 33.2 Å². The summed E-state index contributed by atoms with van der Waals surface area (Å²) in [6.45, 7) is 6.11. The van der Waals surface area contributed by atoms with Gasteiger partial charge in [0.2, 0.25) is 5.91 Å². The van der Waals surface area contributed by atoms with E-state index in [1.165, 1.54) is 25.7 Å². The molecule has 2 saturated carbocycles. The Hall–Kier alpha value is -1.26. The first-order valence-electron chi connectivity index (χ1n) is 9.40. The van der Waals surface area contributed by atoms with E-state index in [1.54, 1.807) is 7.05 Å². The van der Waals surface area contributed by atoms with Crippen molar-refractivity contribution in [3.8, 4) is 0 Å². The number of guanidine groups is 1. The molecule has 130 valence electrons. The van der Waals surface area contributed by atoms with Crippen LogP contribution < -0.4 is 10.6 Å². The van der Waals surface area contributed by atoms with Crippen LogP contribution in [0.2, 0.25) is 0 Å². The van der Waals surface area contributed by atoms with Gasteiger partial charge in [-0.2, -0.15) is 0 Å². The predicted molar refractivity (Wildman–Crippen MR) is 93.4 cm³/mol. The lowest BCUT2D eigenvalue weighted by Crippen LogP contribution is -2.46. The summed E-state index contributed by atoms with van der Waals surface area (Å²) in [7, 11) is 1.72. The Labute approximate surface area is 140 Å². The standard InChI is InChI=1S/C18H32N4O/c1-3-20-17(21-13-18(8-9-18)15-4-5-15)22-10-6-14(7-11-22)12-16(23)19-2/h14-15H,3-13H2,1-2H3,(H,19,23)(H,20,21). The molecule has 1 aliphatic heterocycles. The second-order valence-electron chi connectivity index (χ2n) is 7.61. The third kappa shape index (κ3) is 4.18. The zero-order chi connectivity index (χ0) is 16.3. The molecule has 0 spiro atoms. The maximum absolute atomic E-state index is 11.5. The molecule has 3 rings (SSSR count). The van der Waals surface area contributed by atoms with Gasteiger partial charge in [-0.05, 0) is 62.7 Å². The number of amides is 1. The number of carbonyl (C=O) groups excluding carboxylic acids is 1. The van der Waals surface area contributed by atoms with Crippen LogP contribution in [-0.2, 0) is 4.79 Å². The summed E-state index contributed by atoms with van der Waals surface area (Å²) in [4.78, 5) is 18.9. The molecule has 0 unspecified atom stereocenters. The van der Waals surface area contributed by atoms with E-state index in [-0.39, 0.29) is 5.91 Å². The third-order valence-corrected chi connectivity index (χ3v) is 5.88. The minimum Gasteiger partial charge on any atom is -0.359 e. The van der Waals surface area contributed by atoms with Gasteiger partial charge in [-0.25, -0.2) is 0 Å². The highest BCUT2D eigenvalue weighted by molar-refractivity contribution is 5.80. The zero-order valence-electron chi connectivity index (χ0n) is 14.7. The molecule has 3 aliphatic rings. The van der Waals surface area contributed by atoms with E-state index >= 15 is 0 Å². The van der Waals surface area contributed by atoms with Crippen LogP contribution in [0.3, 0.4) is 0 Å².